The van der Waals surface area contributed by atoms with Crippen LogP contribution in [0.15, 0.2) is 146 Å². The number of aliphatic hydroxyl groups is 1. The number of rotatable bonds is 78. The van der Waals surface area contributed by atoms with Gasteiger partial charge in [0.2, 0.25) is 0 Å². The van der Waals surface area contributed by atoms with Gasteiger partial charge in [-0.1, -0.05) is 289 Å². The van der Waals surface area contributed by atoms with Crippen LogP contribution in [0.5, 0.6) is 0 Å². The van der Waals surface area contributed by atoms with Gasteiger partial charge < -0.3 is 33.8 Å². The number of aliphatic hydroxyl groups excluding tert-OH is 1. The molecule has 108 heavy (non-hydrogen) atoms. The van der Waals surface area contributed by atoms with Crippen molar-refractivity contribution in [1.29, 1.82) is 0 Å². The Morgan fingerprint density at radius 3 is 0.741 bits per heavy atom. The first-order chi connectivity index (χ1) is 52.7. The van der Waals surface area contributed by atoms with Crippen molar-refractivity contribution in [3.8, 4) is 0 Å². The number of phosphoric acid groups is 2. The van der Waals surface area contributed by atoms with Gasteiger partial charge in [-0.2, -0.15) is 0 Å². The molecule has 0 fully saturated rings. The highest BCUT2D eigenvalue weighted by molar-refractivity contribution is 7.47. The van der Waals surface area contributed by atoms with Gasteiger partial charge in [-0.15, -0.1) is 0 Å². The number of hydrogen-bond acceptors (Lipinski definition) is 15. The third-order valence-corrected chi connectivity index (χ3v) is 19.2. The number of hydrogen-bond donors (Lipinski definition) is 3. The van der Waals surface area contributed by atoms with Crippen LogP contribution in [-0.4, -0.2) is 96.7 Å². The molecule has 0 spiro atoms. The van der Waals surface area contributed by atoms with Crippen molar-refractivity contribution in [2.24, 2.45) is 0 Å². The lowest BCUT2D eigenvalue weighted by atomic mass is 10.1. The highest BCUT2D eigenvalue weighted by Gasteiger charge is 2.30. The fourth-order valence-electron chi connectivity index (χ4n) is 10.9. The summed E-state index contributed by atoms with van der Waals surface area (Å²) in [6, 6.07) is 0. The summed E-state index contributed by atoms with van der Waals surface area (Å²) in [7, 11) is -9.99. The van der Waals surface area contributed by atoms with Gasteiger partial charge in [0.15, 0.2) is 12.2 Å². The molecule has 0 aromatic heterocycles. The van der Waals surface area contributed by atoms with Gasteiger partial charge in [-0.3, -0.25) is 37.3 Å². The first-order valence-electron chi connectivity index (χ1n) is 42.1. The summed E-state index contributed by atoms with van der Waals surface area (Å²) in [5.41, 5.74) is 0. The predicted molar refractivity (Wildman–Crippen MR) is 445 cm³/mol. The van der Waals surface area contributed by atoms with E-state index in [1.807, 2.05) is 0 Å². The zero-order chi connectivity index (χ0) is 78.9. The van der Waals surface area contributed by atoms with Gasteiger partial charge in [-0.05, 0) is 167 Å². The van der Waals surface area contributed by atoms with Gasteiger partial charge in [0.1, 0.15) is 19.3 Å². The standard InChI is InChI=1S/C89H150O17P2/c1-5-9-13-17-21-25-29-33-37-39-41-43-47-49-53-57-61-65-69-73-86(91)99-79-84(105-88(93)75-71-67-63-59-55-51-45-35-31-27-23-19-15-11-7-3)81-103-107(95,96)101-77-83(90)78-102-108(97,98)104-82-85(106-89(94)76-72-68-64-60-56-52-46-36-32-28-24-20-16-12-8-4)80-100-87(92)74-70-66-62-58-54-50-48-44-42-40-38-34-30-26-22-18-14-10-6-2/h9,11,13,15,21-28,33-38,41-46,83-85,90H,5-8,10,12,14,16-20,29-32,39-40,47-82H2,1-4H3,(H,95,96)(H,97,98)/b13-9-,15-11-,25-21-,26-22-,27-23-,28-24-,37-33-,38-34-,43-41-,44-42-,45-35-,46-36-. The average Bonchev–Trinajstić information content (AvgIpc) is 0.923. The Balaban J connectivity index is 5.41. The molecule has 0 saturated heterocycles. The summed E-state index contributed by atoms with van der Waals surface area (Å²) < 4.78 is 68.7. The molecular formula is C89H150O17P2. The fourth-order valence-corrected chi connectivity index (χ4v) is 12.5. The van der Waals surface area contributed by atoms with Crippen molar-refractivity contribution < 1.29 is 80.2 Å². The summed E-state index contributed by atoms with van der Waals surface area (Å²) in [6.07, 6.45) is 92.3. The minimum absolute atomic E-state index is 0.0678. The second-order valence-electron chi connectivity index (χ2n) is 27.6. The van der Waals surface area contributed by atoms with Crippen LogP contribution in [0.3, 0.4) is 0 Å². The SMILES string of the molecule is CC/C=C\C/C=C\C/C=C\C/C=C\CCCCCCCCC(=O)OCC(COP(=O)(O)OCC(O)COP(=O)(O)OCC(COC(=O)CCCCCCCC/C=C\C/C=C\C/C=C\CCCCC)OC(=O)CCCCCCC/C=C\C/C=C\CCCCC)OC(=O)CCCCCCC/C=C\C/C=C\C/C=C\CC. The number of esters is 4. The van der Waals surface area contributed by atoms with Crippen LogP contribution in [-0.2, 0) is 65.4 Å². The lowest BCUT2D eigenvalue weighted by molar-refractivity contribution is -0.161. The zero-order valence-electron chi connectivity index (χ0n) is 67.7. The molecule has 0 aliphatic rings. The van der Waals surface area contributed by atoms with Crippen LogP contribution in [0, 0.1) is 0 Å². The monoisotopic (exact) mass is 1550 g/mol. The van der Waals surface area contributed by atoms with Crippen molar-refractivity contribution in [2.45, 2.75) is 354 Å². The number of carbonyl (C=O) groups excluding carboxylic acids is 4. The highest BCUT2D eigenvalue weighted by Crippen LogP contribution is 2.45. The van der Waals surface area contributed by atoms with Crippen LogP contribution in [0.1, 0.15) is 336 Å². The Hall–Kier alpha value is -5.06. The van der Waals surface area contributed by atoms with E-state index in [1.54, 1.807) is 0 Å². The van der Waals surface area contributed by atoms with E-state index in [4.69, 9.17) is 37.0 Å². The van der Waals surface area contributed by atoms with Crippen molar-refractivity contribution in [3.05, 3.63) is 146 Å². The maximum Gasteiger partial charge on any atom is 0.472 e. The summed E-state index contributed by atoms with van der Waals surface area (Å²) in [6.45, 7) is 4.56. The minimum atomic E-state index is -4.99. The van der Waals surface area contributed by atoms with E-state index in [1.165, 1.54) is 38.5 Å². The van der Waals surface area contributed by atoms with Crippen LogP contribution in [0.2, 0.25) is 0 Å². The van der Waals surface area contributed by atoms with Gasteiger partial charge in [0.05, 0.1) is 26.4 Å². The molecule has 19 heteroatoms. The van der Waals surface area contributed by atoms with E-state index in [0.717, 1.165) is 218 Å². The molecule has 0 saturated carbocycles. The Labute approximate surface area is 656 Å². The van der Waals surface area contributed by atoms with E-state index < -0.39 is 97.5 Å². The Kier molecular flexibility index (Phi) is 76.3. The molecule has 0 heterocycles. The highest BCUT2D eigenvalue weighted by atomic mass is 31.2. The second kappa shape index (κ2) is 80.0. The molecule has 0 radical (unpaired) electrons. The van der Waals surface area contributed by atoms with Crippen LogP contribution >= 0.6 is 15.6 Å². The number of allylic oxidation sites excluding steroid dienone is 24. The van der Waals surface area contributed by atoms with E-state index in [-0.39, 0.29) is 25.7 Å². The third-order valence-electron chi connectivity index (χ3n) is 17.3. The molecule has 0 aromatic rings. The lowest BCUT2D eigenvalue weighted by Gasteiger charge is -2.21. The van der Waals surface area contributed by atoms with Crippen LogP contribution in [0.25, 0.3) is 0 Å². The molecule has 0 rings (SSSR count). The van der Waals surface area contributed by atoms with Gasteiger partial charge in [0, 0.05) is 25.7 Å². The average molecular weight is 1550 g/mol. The van der Waals surface area contributed by atoms with Gasteiger partial charge >= 0.3 is 39.5 Å². The quantitative estimate of drug-likeness (QED) is 0.0169. The minimum Gasteiger partial charge on any atom is -0.462 e. The maximum absolute atomic E-state index is 13.1. The number of phosphoric ester groups is 2. The summed E-state index contributed by atoms with van der Waals surface area (Å²) in [5, 5.41) is 10.7. The van der Waals surface area contributed by atoms with Crippen molar-refractivity contribution in [2.75, 3.05) is 39.6 Å². The maximum atomic E-state index is 13.1. The van der Waals surface area contributed by atoms with Crippen LogP contribution in [0.4, 0.5) is 0 Å². The summed E-state index contributed by atoms with van der Waals surface area (Å²) in [4.78, 5) is 73.2. The molecule has 0 bridgehead atoms. The topological polar surface area (TPSA) is 237 Å². The smallest absolute Gasteiger partial charge is 0.462 e. The predicted octanol–water partition coefficient (Wildman–Crippen LogP) is 25.0. The zero-order valence-corrected chi connectivity index (χ0v) is 69.5. The molecule has 17 nitrogen and oxygen atoms in total. The van der Waals surface area contributed by atoms with E-state index in [9.17, 15) is 43.2 Å². The molecule has 0 aliphatic heterocycles. The van der Waals surface area contributed by atoms with E-state index >= 15 is 0 Å². The largest absolute Gasteiger partial charge is 0.472 e. The molecule has 5 unspecified atom stereocenters. The number of carbonyl (C=O) groups is 4. The molecule has 0 aromatic carbocycles. The van der Waals surface area contributed by atoms with E-state index in [0.29, 0.717) is 25.7 Å². The number of ether oxygens (including phenoxy) is 4. The van der Waals surface area contributed by atoms with E-state index in [2.05, 4.69) is 174 Å². The normalized spacial score (nSPS) is 14.5. The number of unbranched alkanes of at least 4 members (excludes halogenated alkanes) is 28. The molecular weight excluding hydrogens is 1400 g/mol. The van der Waals surface area contributed by atoms with Crippen molar-refractivity contribution in [3.63, 3.8) is 0 Å². The molecule has 0 aliphatic carbocycles. The Morgan fingerprint density at radius 1 is 0.269 bits per heavy atom. The Morgan fingerprint density at radius 2 is 0.481 bits per heavy atom. The molecule has 3 N–H and O–H groups in total. The van der Waals surface area contributed by atoms with Gasteiger partial charge in [-0.25, -0.2) is 9.13 Å². The van der Waals surface area contributed by atoms with Crippen molar-refractivity contribution in [1.82, 2.24) is 0 Å². The first-order valence-corrected chi connectivity index (χ1v) is 45.1. The molecule has 618 valence electrons. The summed E-state index contributed by atoms with van der Waals surface area (Å²) in [5.74, 6) is -2.23. The van der Waals surface area contributed by atoms with Crippen LogP contribution < -0.4 is 0 Å². The summed E-state index contributed by atoms with van der Waals surface area (Å²) >= 11 is 0. The lowest BCUT2D eigenvalue weighted by Crippen LogP contribution is -2.30. The third kappa shape index (κ3) is 79.0. The first kappa shape index (κ1) is 103. The Bertz CT molecular complexity index is 2610. The molecule has 5 atom stereocenters. The fraction of sp³-hybridized carbons (Fsp3) is 0.685. The second-order valence-corrected chi connectivity index (χ2v) is 30.6. The van der Waals surface area contributed by atoms with Crippen molar-refractivity contribution >= 4 is 39.5 Å². The molecule has 0 amide bonds. The van der Waals surface area contributed by atoms with Gasteiger partial charge in [0.25, 0.3) is 0 Å².